The number of halogens is 4. The van der Waals surface area contributed by atoms with Crippen LogP contribution < -0.4 is 4.74 Å². The Bertz CT molecular complexity index is 903. The summed E-state index contributed by atoms with van der Waals surface area (Å²) in [5.41, 5.74) is -1.47. The van der Waals surface area contributed by atoms with Crippen LogP contribution in [-0.4, -0.2) is 27.5 Å². The lowest BCUT2D eigenvalue weighted by Crippen LogP contribution is -2.14. The summed E-state index contributed by atoms with van der Waals surface area (Å²) in [5, 5.41) is 16.9. The van der Waals surface area contributed by atoms with Gasteiger partial charge in [0.25, 0.3) is 11.6 Å². The summed E-state index contributed by atoms with van der Waals surface area (Å²) in [6.07, 6.45) is -5.53. The SMILES string of the molecule is CCCOC(Cc1cc(Oc2nn(C)c(C(F)(F)F)c2Cl)ccc1[N+](=O)[O-])N=O. The Morgan fingerprint density at radius 3 is 2.62 bits per heavy atom. The molecule has 1 aromatic heterocycles. The molecule has 1 atom stereocenters. The van der Waals surface area contributed by atoms with Crippen LogP contribution in [0, 0.1) is 15.0 Å². The van der Waals surface area contributed by atoms with Crippen molar-refractivity contribution in [3.05, 3.63) is 49.5 Å². The zero-order chi connectivity index (χ0) is 21.8. The maximum atomic E-state index is 13.0. The molecular formula is C16H16ClF3N4O5. The smallest absolute Gasteiger partial charge is 0.434 e. The van der Waals surface area contributed by atoms with Crippen molar-refractivity contribution < 1.29 is 27.6 Å². The summed E-state index contributed by atoms with van der Waals surface area (Å²) >= 11 is 5.74. The van der Waals surface area contributed by atoms with Crippen LogP contribution in [0.15, 0.2) is 23.4 Å². The first-order valence-electron chi connectivity index (χ1n) is 8.27. The molecule has 0 bridgehead atoms. The molecule has 0 N–H and O–H groups in total. The Morgan fingerprint density at radius 2 is 2.10 bits per heavy atom. The van der Waals surface area contributed by atoms with Crippen molar-refractivity contribution in [3.8, 4) is 11.6 Å². The first kappa shape index (κ1) is 22.6. The number of alkyl halides is 3. The fourth-order valence-corrected chi connectivity index (χ4v) is 2.80. The van der Waals surface area contributed by atoms with E-state index in [2.05, 4.69) is 10.3 Å². The van der Waals surface area contributed by atoms with Gasteiger partial charge in [-0.3, -0.25) is 14.8 Å². The average molecular weight is 437 g/mol. The highest BCUT2D eigenvalue weighted by Crippen LogP contribution is 2.40. The van der Waals surface area contributed by atoms with Crippen LogP contribution in [0.5, 0.6) is 11.6 Å². The molecule has 1 aromatic carbocycles. The molecule has 0 aliphatic rings. The summed E-state index contributed by atoms with van der Waals surface area (Å²) in [5.74, 6) is -0.576. The molecule has 0 radical (unpaired) electrons. The number of hydrogen-bond acceptors (Lipinski definition) is 7. The highest BCUT2D eigenvalue weighted by molar-refractivity contribution is 6.32. The molecule has 0 saturated heterocycles. The van der Waals surface area contributed by atoms with Crippen molar-refractivity contribution in [1.29, 1.82) is 0 Å². The Labute approximate surface area is 167 Å². The third-order valence-electron chi connectivity index (χ3n) is 3.72. The maximum absolute atomic E-state index is 13.0. The van der Waals surface area contributed by atoms with Gasteiger partial charge in [-0.2, -0.15) is 13.2 Å². The standard InChI is InChI=1S/C16H16ClF3N4O5/c1-3-6-28-12(22-25)8-9-7-10(4-5-11(9)24(26)27)29-15-13(17)14(16(18,19)20)23(2)21-15/h4-5,7,12H,3,6,8H2,1-2H3. The van der Waals surface area contributed by atoms with Crippen LogP contribution in [0.2, 0.25) is 5.02 Å². The van der Waals surface area contributed by atoms with Gasteiger partial charge < -0.3 is 9.47 Å². The molecule has 158 valence electrons. The van der Waals surface area contributed by atoms with Crippen LogP contribution in [0.4, 0.5) is 18.9 Å². The second-order valence-electron chi connectivity index (χ2n) is 5.87. The Morgan fingerprint density at radius 1 is 1.41 bits per heavy atom. The predicted octanol–water partition coefficient (Wildman–Crippen LogP) is 4.85. The molecule has 2 aromatic rings. The highest BCUT2D eigenvalue weighted by Gasteiger charge is 2.39. The normalized spacial score (nSPS) is 12.6. The lowest BCUT2D eigenvalue weighted by molar-refractivity contribution is -0.385. The van der Waals surface area contributed by atoms with Gasteiger partial charge in [0.05, 0.1) is 4.92 Å². The van der Waals surface area contributed by atoms with Crippen LogP contribution in [0.3, 0.4) is 0 Å². The molecule has 0 saturated carbocycles. The number of nitrogens with zero attached hydrogens (tertiary/aromatic N) is 4. The van der Waals surface area contributed by atoms with Crippen LogP contribution in [0.25, 0.3) is 0 Å². The minimum atomic E-state index is -4.75. The number of nitro benzene ring substituents is 1. The fourth-order valence-electron chi connectivity index (χ4n) is 2.49. The van der Waals surface area contributed by atoms with Gasteiger partial charge >= 0.3 is 6.18 Å². The van der Waals surface area contributed by atoms with E-state index >= 15 is 0 Å². The number of hydrogen-bond donors (Lipinski definition) is 0. The van der Waals surface area contributed by atoms with Crippen LogP contribution >= 0.6 is 11.6 Å². The minimum absolute atomic E-state index is 0.0521. The van der Waals surface area contributed by atoms with E-state index in [0.29, 0.717) is 11.1 Å². The van der Waals surface area contributed by atoms with Gasteiger partial charge in [-0.1, -0.05) is 18.5 Å². The van der Waals surface area contributed by atoms with Crippen molar-refractivity contribution in [1.82, 2.24) is 9.78 Å². The molecule has 13 heteroatoms. The zero-order valence-electron chi connectivity index (χ0n) is 15.3. The van der Waals surface area contributed by atoms with Crippen molar-refractivity contribution in [2.24, 2.45) is 12.2 Å². The van der Waals surface area contributed by atoms with Crippen LogP contribution in [-0.2, 0) is 24.4 Å². The number of ether oxygens (including phenoxy) is 2. The number of rotatable bonds is 9. The van der Waals surface area contributed by atoms with Crippen LogP contribution in [0.1, 0.15) is 24.6 Å². The molecule has 1 heterocycles. The topological polar surface area (TPSA) is 109 Å². The summed E-state index contributed by atoms with van der Waals surface area (Å²) < 4.78 is 50.1. The highest BCUT2D eigenvalue weighted by atomic mass is 35.5. The predicted molar refractivity (Wildman–Crippen MR) is 95.9 cm³/mol. The quantitative estimate of drug-likeness (QED) is 0.315. The summed E-state index contributed by atoms with van der Waals surface area (Å²) in [4.78, 5) is 21.5. The van der Waals surface area contributed by atoms with Gasteiger partial charge in [-0.15, -0.1) is 10.0 Å². The average Bonchev–Trinajstić information content (AvgIpc) is 2.91. The number of nitroso groups, excluding NO2 is 1. The summed E-state index contributed by atoms with van der Waals surface area (Å²) in [6, 6.07) is 3.47. The first-order valence-corrected chi connectivity index (χ1v) is 8.65. The molecule has 0 amide bonds. The van der Waals surface area contributed by atoms with E-state index in [-0.39, 0.29) is 30.0 Å². The van der Waals surface area contributed by atoms with E-state index in [1.54, 1.807) is 0 Å². The third-order valence-corrected chi connectivity index (χ3v) is 4.06. The largest absolute Gasteiger partial charge is 0.436 e. The second kappa shape index (κ2) is 9.18. The lowest BCUT2D eigenvalue weighted by Gasteiger charge is -2.11. The van der Waals surface area contributed by atoms with Gasteiger partial charge in [-0.25, -0.2) is 0 Å². The van der Waals surface area contributed by atoms with E-state index in [1.165, 1.54) is 12.1 Å². The van der Waals surface area contributed by atoms with Crippen molar-refractivity contribution in [2.45, 2.75) is 32.2 Å². The lowest BCUT2D eigenvalue weighted by atomic mass is 10.1. The van der Waals surface area contributed by atoms with Gasteiger partial charge in [-0.05, 0) is 23.7 Å². The Kier molecular flexibility index (Phi) is 7.14. The molecule has 2 rings (SSSR count). The molecule has 9 nitrogen and oxygen atoms in total. The van der Waals surface area contributed by atoms with Crippen molar-refractivity contribution >= 4 is 17.3 Å². The van der Waals surface area contributed by atoms with Gasteiger partial charge in [0.2, 0.25) is 0 Å². The van der Waals surface area contributed by atoms with Gasteiger partial charge in [0.1, 0.15) is 10.8 Å². The minimum Gasteiger partial charge on any atom is -0.436 e. The number of aromatic nitrogens is 2. The summed E-state index contributed by atoms with van der Waals surface area (Å²) in [7, 11) is 1.05. The first-order chi connectivity index (χ1) is 13.6. The van der Waals surface area contributed by atoms with Gasteiger partial charge in [0, 0.05) is 31.7 Å². The van der Waals surface area contributed by atoms with E-state index in [0.717, 1.165) is 13.1 Å². The monoisotopic (exact) mass is 436 g/mol. The Balaban J connectivity index is 2.36. The fraction of sp³-hybridized carbons (Fsp3) is 0.438. The van der Waals surface area contributed by atoms with Gasteiger partial charge in [0.15, 0.2) is 11.9 Å². The number of benzene rings is 1. The number of aryl methyl sites for hydroxylation is 1. The molecule has 0 spiro atoms. The van der Waals surface area contributed by atoms with Crippen molar-refractivity contribution in [3.63, 3.8) is 0 Å². The second-order valence-corrected chi connectivity index (χ2v) is 6.25. The Hall–Kier alpha value is -2.73. The zero-order valence-corrected chi connectivity index (χ0v) is 16.0. The maximum Gasteiger partial charge on any atom is 0.434 e. The summed E-state index contributed by atoms with van der Waals surface area (Å²) in [6.45, 7) is 2.04. The molecule has 0 aliphatic carbocycles. The third kappa shape index (κ3) is 5.41. The van der Waals surface area contributed by atoms with E-state index in [4.69, 9.17) is 21.1 Å². The number of nitro groups is 1. The molecule has 0 fully saturated rings. The molecule has 0 aliphatic heterocycles. The molecule has 1 unspecified atom stereocenters. The molecule has 29 heavy (non-hydrogen) atoms. The van der Waals surface area contributed by atoms with E-state index in [9.17, 15) is 28.2 Å². The van der Waals surface area contributed by atoms with Crippen molar-refractivity contribution in [2.75, 3.05) is 6.61 Å². The van der Waals surface area contributed by atoms with E-state index in [1.807, 2.05) is 6.92 Å². The molecular weight excluding hydrogens is 421 g/mol. The van der Waals surface area contributed by atoms with E-state index < -0.39 is 33.9 Å².